The number of fused-ring (bicyclic) bond motifs is 1. The molecule has 0 aromatic heterocycles. The van der Waals surface area contributed by atoms with Gasteiger partial charge in [0.1, 0.15) is 0 Å². The van der Waals surface area contributed by atoms with Crippen molar-refractivity contribution >= 4 is 72.5 Å². The third-order valence-electron chi connectivity index (χ3n) is 7.15. The molecule has 44 heavy (non-hydrogen) atoms. The lowest BCUT2D eigenvalue weighted by molar-refractivity contribution is -0.121. The van der Waals surface area contributed by atoms with E-state index < -0.39 is 27.1 Å². The number of amides is 1. The number of halogens is 1. The fraction of sp³-hybridized carbons (Fsp3) is 0.265. The van der Waals surface area contributed by atoms with Gasteiger partial charge in [-0.15, -0.1) is 0 Å². The van der Waals surface area contributed by atoms with Crippen LogP contribution in [-0.2, 0) is 19.6 Å². The summed E-state index contributed by atoms with van der Waals surface area (Å²) in [5, 5.41) is 4.54. The van der Waals surface area contributed by atoms with Crippen LogP contribution in [0.25, 0.3) is 10.8 Å². The first-order chi connectivity index (χ1) is 20.7. The standard InChI is InChI=1S/C34H37ClN4O4S/c1-7-39(8-2)26-15-18-29(22(3)19-26)36-31(32(40)34(4,5)6)33(41)37-30-21-25(14-17-28(30)35)38-44(42,43)27-16-13-23-11-9-10-12-24(23)20-27/h9-21,38H,7-8H2,1-6H3,(H,37,41). The predicted octanol–water partition coefficient (Wildman–Crippen LogP) is 7.78. The maximum atomic E-state index is 13.6. The molecule has 4 rings (SSSR count). The molecular weight excluding hydrogens is 596 g/mol. The van der Waals surface area contributed by atoms with E-state index in [0.717, 1.165) is 35.1 Å². The molecule has 4 aromatic rings. The summed E-state index contributed by atoms with van der Waals surface area (Å²) in [7, 11) is -3.96. The van der Waals surface area contributed by atoms with E-state index in [-0.39, 0.29) is 27.0 Å². The van der Waals surface area contributed by atoms with Gasteiger partial charge in [0.2, 0.25) is 0 Å². The molecule has 0 heterocycles. The van der Waals surface area contributed by atoms with Crippen molar-refractivity contribution < 1.29 is 18.0 Å². The Kier molecular flexibility index (Phi) is 9.81. The molecular formula is C34H37ClN4O4S. The highest BCUT2D eigenvalue weighted by Gasteiger charge is 2.31. The van der Waals surface area contributed by atoms with Gasteiger partial charge >= 0.3 is 0 Å². The summed E-state index contributed by atoms with van der Waals surface area (Å²) >= 11 is 6.41. The van der Waals surface area contributed by atoms with Gasteiger partial charge in [0.25, 0.3) is 15.9 Å². The fourth-order valence-corrected chi connectivity index (χ4v) is 5.89. The normalized spacial score (nSPS) is 12.2. The summed E-state index contributed by atoms with van der Waals surface area (Å²) in [4.78, 5) is 33.9. The second-order valence-electron chi connectivity index (χ2n) is 11.4. The first kappa shape index (κ1) is 32.7. The molecule has 0 aliphatic rings. The Morgan fingerprint density at radius 3 is 2.20 bits per heavy atom. The van der Waals surface area contributed by atoms with Gasteiger partial charge in [-0.25, -0.2) is 13.4 Å². The molecule has 10 heteroatoms. The second kappa shape index (κ2) is 13.2. The number of nitrogens with one attached hydrogen (secondary N) is 2. The van der Waals surface area contributed by atoms with Crippen molar-refractivity contribution in [3.05, 3.63) is 89.4 Å². The highest BCUT2D eigenvalue weighted by molar-refractivity contribution is 7.92. The minimum absolute atomic E-state index is 0.0873. The average Bonchev–Trinajstić information content (AvgIpc) is 2.97. The number of aryl methyl sites for hydroxylation is 1. The summed E-state index contributed by atoms with van der Waals surface area (Å²) in [6.07, 6.45) is 0. The monoisotopic (exact) mass is 632 g/mol. The Hall–Kier alpha value is -4.21. The molecule has 0 fully saturated rings. The molecule has 8 nitrogen and oxygen atoms in total. The lowest BCUT2D eigenvalue weighted by atomic mass is 9.87. The SMILES string of the molecule is CCN(CC)c1ccc(N=C(C(=O)Nc2cc(NS(=O)(=O)c3ccc4ccccc4c3)ccc2Cl)C(=O)C(C)(C)C)c(C)c1. The summed E-state index contributed by atoms with van der Waals surface area (Å²) < 4.78 is 29.0. The van der Waals surface area contributed by atoms with E-state index in [9.17, 15) is 18.0 Å². The Morgan fingerprint density at radius 1 is 0.886 bits per heavy atom. The number of ketones is 1. The number of aliphatic imine (C=N–C) groups is 1. The number of benzene rings is 4. The lowest BCUT2D eigenvalue weighted by Gasteiger charge is -2.22. The van der Waals surface area contributed by atoms with Gasteiger partial charge < -0.3 is 10.2 Å². The molecule has 0 unspecified atom stereocenters. The first-order valence-corrected chi connectivity index (χ1v) is 16.2. The molecule has 230 valence electrons. The van der Waals surface area contributed by atoms with Crippen molar-refractivity contribution in [2.24, 2.45) is 10.4 Å². The van der Waals surface area contributed by atoms with Crippen LogP contribution >= 0.6 is 11.6 Å². The first-order valence-electron chi connectivity index (χ1n) is 14.3. The minimum atomic E-state index is -3.96. The highest BCUT2D eigenvalue weighted by atomic mass is 35.5. The third kappa shape index (κ3) is 7.46. The third-order valence-corrected chi connectivity index (χ3v) is 8.86. The summed E-state index contributed by atoms with van der Waals surface area (Å²) in [6, 6.07) is 22.4. The van der Waals surface area contributed by atoms with Crippen LogP contribution in [0.5, 0.6) is 0 Å². The van der Waals surface area contributed by atoms with Gasteiger partial charge in [0, 0.05) is 24.2 Å². The second-order valence-corrected chi connectivity index (χ2v) is 13.5. The molecule has 0 saturated carbocycles. The molecule has 0 atom stereocenters. The predicted molar refractivity (Wildman–Crippen MR) is 181 cm³/mol. The summed E-state index contributed by atoms with van der Waals surface area (Å²) in [5.74, 6) is -1.21. The highest BCUT2D eigenvalue weighted by Crippen LogP contribution is 2.30. The van der Waals surface area contributed by atoms with Crippen LogP contribution < -0.4 is 14.9 Å². The lowest BCUT2D eigenvalue weighted by Crippen LogP contribution is -2.37. The molecule has 0 aliphatic heterocycles. The van der Waals surface area contributed by atoms with E-state index in [0.29, 0.717) is 5.69 Å². The van der Waals surface area contributed by atoms with Crippen LogP contribution in [0, 0.1) is 12.3 Å². The maximum absolute atomic E-state index is 13.6. The fourth-order valence-electron chi connectivity index (χ4n) is 4.65. The summed E-state index contributed by atoms with van der Waals surface area (Å²) in [5.41, 5.74) is 1.45. The number of sulfonamides is 1. The number of anilines is 3. The van der Waals surface area contributed by atoms with Crippen molar-refractivity contribution in [3.63, 3.8) is 0 Å². The Morgan fingerprint density at radius 2 is 1.57 bits per heavy atom. The molecule has 1 amide bonds. The number of hydrogen-bond donors (Lipinski definition) is 2. The van der Waals surface area contributed by atoms with Gasteiger partial charge in [-0.2, -0.15) is 0 Å². The van der Waals surface area contributed by atoms with Crippen LogP contribution in [-0.4, -0.2) is 38.9 Å². The van der Waals surface area contributed by atoms with Gasteiger partial charge in [0.05, 0.1) is 27.0 Å². The zero-order chi connectivity index (χ0) is 32.2. The number of rotatable bonds is 10. The molecule has 0 saturated heterocycles. The largest absolute Gasteiger partial charge is 0.372 e. The van der Waals surface area contributed by atoms with Crippen molar-refractivity contribution in [1.29, 1.82) is 0 Å². The Bertz CT molecular complexity index is 1860. The van der Waals surface area contributed by atoms with E-state index in [1.54, 1.807) is 39.0 Å². The quantitative estimate of drug-likeness (QED) is 0.137. The minimum Gasteiger partial charge on any atom is -0.372 e. The molecule has 2 N–H and O–H groups in total. The van der Waals surface area contributed by atoms with Gasteiger partial charge in [0.15, 0.2) is 11.5 Å². The van der Waals surface area contributed by atoms with Crippen LogP contribution in [0.2, 0.25) is 5.02 Å². The number of Topliss-reactive ketones (excluding diaryl/α,β-unsaturated/α-hetero) is 1. The van der Waals surface area contributed by atoms with Gasteiger partial charge in [-0.3, -0.25) is 14.3 Å². The van der Waals surface area contributed by atoms with E-state index in [1.807, 2.05) is 43.3 Å². The number of carbonyl (C=O) groups is 2. The van der Waals surface area contributed by atoms with Crippen molar-refractivity contribution in [3.8, 4) is 0 Å². The van der Waals surface area contributed by atoms with Crippen LogP contribution in [0.15, 0.2) is 88.8 Å². The Labute approximate surface area is 264 Å². The Balaban J connectivity index is 1.64. The average molecular weight is 633 g/mol. The zero-order valence-corrected chi connectivity index (χ0v) is 27.3. The molecule has 0 bridgehead atoms. The molecule has 0 radical (unpaired) electrons. The smallest absolute Gasteiger partial charge is 0.278 e. The number of carbonyl (C=O) groups excluding carboxylic acids is 2. The van der Waals surface area contributed by atoms with E-state index >= 15 is 0 Å². The van der Waals surface area contributed by atoms with E-state index in [2.05, 4.69) is 33.8 Å². The van der Waals surface area contributed by atoms with Crippen LogP contribution in [0.3, 0.4) is 0 Å². The van der Waals surface area contributed by atoms with Crippen LogP contribution in [0.1, 0.15) is 40.2 Å². The number of hydrogen-bond acceptors (Lipinski definition) is 6. The van der Waals surface area contributed by atoms with E-state index in [1.165, 1.54) is 24.3 Å². The molecule has 4 aromatic carbocycles. The zero-order valence-electron chi connectivity index (χ0n) is 25.7. The van der Waals surface area contributed by atoms with Crippen molar-refractivity contribution in [1.82, 2.24) is 0 Å². The molecule has 0 spiro atoms. The van der Waals surface area contributed by atoms with Gasteiger partial charge in [-0.1, -0.05) is 62.7 Å². The maximum Gasteiger partial charge on any atom is 0.278 e. The van der Waals surface area contributed by atoms with Gasteiger partial charge in [-0.05, 0) is 85.6 Å². The summed E-state index contributed by atoms with van der Waals surface area (Å²) in [6.45, 7) is 12.8. The topological polar surface area (TPSA) is 108 Å². The van der Waals surface area contributed by atoms with Crippen molar-refractivity contribution in [2.75, 3.05) is 28.0 Å². The molecule has 0 aliphatic carbocycles. The van der Waals surface area contributed by atoms with Crippen molar-refractivity contribution in [2.45, 2.75) is 46.4 Å². The number of nitrogens with zero attached hydrogens (tertiary/aromatic N) is 2. The van der Waals surface area contributed by atoms with E-state index in [4.69, 9.17) is 11.6 Å². The van der Waals surface area contributed by atoms with Crippen LogP contribution in [0.4, 0.5) is 22.7 Å².